The van der Waals surface area contributed by atoms with Crippen LogP contribution in [0, 0.1) is 5.82 Å². The molecule has 0 saturated carbocycles. The van der Waals surface area contributed by atoms with Gasteiger partial charge in [0.05, 0.1) is 13.0 Å². The summed E-state index contributed by atoms with van der Waals surface area (Å²) in [5, 5.41) is 8.57. The SMILES string of the molecule is CCOc1ccc(CC(=O)N(C)CC(=O)O)cc1F. The zero-order valence-corrected chi connectivity index (χ0v) is 10.9. The van der Waals surface area contributed by atoms with Crippen molar-refractivity contribution in [1.29, 1.82) is 0 Å². The molecule has 0 aliphatic heterocycles. The molecule has 6 heteroatoms. The molecular weight excluding hydrogens is 253 g/mol. The van der Waals surface area contributed by atoms with Gasteiger partial charge in [0.15, 0.2) is 11.6 Å². The lowest BCUT2D eigenvalue weighted by Crippen LogP contribution is -2.33. The van der Waals surface area contributed by atoms with E-state index < -0.39 is 11.8 Å². The number of carboxylic acid groups (broad SMARTS) is 1. The predicted molar refractivity (Wildman–Crippen MR) is 66.5 cm³/mol. The van der Waals surface area contributed by atoms with Crippen LogP contribution < -0.4 is 4.74 Å². The molecule has 0 fully saturated rings. The molecule has 0 aliphatic carbocycles. The van der Waals surface area contributed by atoms with Gasteiger partial charge in [-0.15, -0.1) is 0 Å². The summed E-state index contributed by atoms with van der Waals surface area (Å²) in [7, 11) is 1.39. The third-order valence-electron chi connectivity index (χ3n) is 2.45. The molecule has 0 spiro atoms. The van der Waals surface area contributed by atoms with Crippen LogP contribution in [-0.2, 0) is 16.0 Å². The van der Waals surface area contributed by atoms with Gasteiger partial charge in [-0.3, -0.25) is 9.59 Å². The number of nitrogens with zero attached hydrogens (tertiary/aromatic N) is 1. The van der Waals surface area contributed by atoms with Crippen LogP contribution in [0.3, 0.4) is 0 Å². The molecule has 0 atom stereocenters. The second-order valence-electron chi connectivity index (χ2n) is 4.02. The fourth-order valence-electron chi connectivity index (χ4n) is 1.53. The van der Waals surface area contributed by atoms with E-state index in [4.69, 9.17) is 9.84 Å². The summed E-state index contributed by atoms with van der Waals surface area (Å²) in [6.07, 6.45) is -0.0485. The number of rotatable bonds is 6. The van der Waals surface area contributed by atoms with Crippen molar-refractivity contribution >= 4 is 11.9 Å². The van der Waals surface area contributed by atoms with Crippen molar-refractivity contribution in [2.45, 2.75) is 13.3 Å². The number of ether oxygens (including phenoxy) is 1. The van der Waals surface area contributed by atoms with Crippen LogP contribution >= 0.6 is 0 Å². The minimum atomic E-state index is -1.09. The second kappa shape index (κ2) is 6.72. The number of carbonyl (C=O) groups is 2. The highest BCUT2D eigenvalue weighted by Gasteiger charge is 2.13. The molecule has 1 amide bonds. The van der Waals surface area contributed by atoms with Crippen molar-refractivity contribution in [2.75, 3.05) is 20.2 Å². The minimum absolute atomic E-state index is 0.0485. The number of carboxylic acids is 1. The molecular formula is C13H16FNO4. The van der Waals surface area contributed by atoms with E-state index in [0.29, 0.717) is 12.2 Å². The molecule has 0 saturated heterocycles. The van der Waals surface area contributed by atoms with Crippen LogP contribution in [0.25, 0.3) is 0 Å². The van der Waals surface area contributed by atoms with Crippen molar-refractivity contribution in [1.82, 2.24) is 4.90 Å². The quantitative estimate of drug-likeness (QED) is 0.845. The molecule has 1 aromatic rings. The number of hydrogen-bond donors (Lipinski definition) is 1. The number of likely N-dealkylation sites (N-methyl/N-ethyl adjacent to an activating group) is 1. The normalized spacial score (nSPS) is 10.1. The maximum Gasteiger partial charge on any atom is 0.323 e. The first kappa shape index (κ1) is 14.9. The molecule has 0 radical (unpaired) electrons. The first-order valence-corrected chi connectivity index (χ1v) is 5.81. The Morgan fingerprint density at radius 2 is 2.11 bits per heavy atom. The average Bonchev–Trinajstić information content (AvgIpc) is 2.32. The Hall–Kier alpha value is -2.11. The molecule has 1 N–H and O–H groups in total. The lowest BCUT2D eigenvalue weighted by molar-refractivity contribution is -0.143. The Morgan fingerprint density at radius 3 is 2.63 bits per heavy atom. The highest BCUT2D eigenvalue weighted by molar-refractivity contribution is 5.82. The second-order valence-corrected chi connectivity index (χ2v) is 4.02. The molecule has 0 unspecified atom stereocenters. The largest absolute Gasteiger partial charge is 0.491 e. The highest BCUT2D eigenvalue weighted by atomic mass is 19.1. The third-order valence-corrected chi connectivity index (χ3v) is 2.45. The minimum Gasteiger partial charge on any atom is -0.491 e. The van der Waals surface area contributed by atoms with E-state index in [1.807, 2.05) is 0 Å². The van der Waals surface area contributed by atoms with Gasteiger partial charge in [0.1, 0.15) is 6.54 Å². The molecule has 0 bridgehead atoms. The molecule has 1 rings (SSSR count). The maximum absolute atomic E-state index is 13.6. The number of amides is 1. The molecule has 104 valence electrons. The van der Waals surface area contributed by atoms with Crippen molar-refractivity contribution in [3.05, 3.63) is 29.6 Å². The molecule has 0 heterocycles. The van der Waals surface area contributed by atoms with E-state index in [2.05, 4.69) is 0 Å². The summed E-state index contributed by atoms with van der Waals surface area (Å²) < 4.78 is 18.6. The van der Waals surface area contributed by atoms with E-state index in [0.717, 1.165) is 4.90 Å². The Balaban J connectivity index is 2.69. The fraction of sp³-hybridized carbons (Fsp3) is 0.385. The van der Waals surface area contributed by atoms with Crippen molar-refractivity contribution < 1.29 is 23.8 Å². The maximum atomic E-state index is 13.6. The summed E-state index contributed by atoms with van der Waals surface area (Å²) in [6, 6.07) is 4.26. The Morgan fingerprint density at radius 1 is 1.42 bits per heavy atom. The zero-order chi connectivity index (χ0) is 14.4. The summed E-state index contributed by atoms with van der Waals surface area (Å²) in [6.45, 7) is 1.73. The molecule has 1 aromatic carbocycles. The van der Waals surface area contributed by atoms with E-state index >= 15 is 0 Å². The third kappa shape index (κ3) is 4.57. The van der Waals surface area contributed by atoms with Crippen LogP contribution in [0.15, 0.2) is 18.2 Å². The van der Waals surface area contributed by atoms with Crippen LogP contribution in [0.1, 0.15) is 12.5 Å². The summed E-state index contributed by atoms with van der Waals surface area (Å²) >= 11 is 0. The van der Waals surface area contributed by atoms with Gasteiger partial charge in [0.2, 0.25) is 5.91 Å². The van der Waals surface area contributed by atoms with E-state index in [1.54, 1.807) is 13.0 Å². The lowest BCUT2D eigenvalue weighted by Gasteiger charge is -2.14. The summed E-state index contributed by atoms with van der Waals surface area (Å²) in [5.74, 6) is -1.87. The van der Waals surface area contributed by atoms with Gasteiger partial charge in [-0.1, -0.05) is 6.07 Å². The van der Waals surface area contributed by atoms with Crippen LogP contribution in [-0.4, -0.2) is 42.1 Å². The number of benzene rings is 1. The monoisotopic (exact) mass is 269 g/mol. The molecule has 19 heavy (non-hydrogen) atoms. The van der Waals surface area contributed by atoms with E-state index in [1.165, 1.54) is 19.2 Å². The van der Waals surface area contributed by atoms with Gasteiger partial charge in [-0.05, 0) is 24.6 Å². The van der Waals surface area contributed by atoms with E-state index in [-0.39, 0.29) is 24.6 Å². The molecule has 0 aliphatic rings. The number of aliphatic carboxylic acids is 1. The summed E-state index contributed by atoms with van der Waals surface area (Å²) in [4.78, 5) is 23.2. The van der Waals surface area contributed by atoms with Gasteiger partial charge < -0.3 is 14.7 Å². The van der Waals surface area contributed by atoms with Gasteiger partial charge in [-0.25, -0.2) is 4.39 Å². The van der Waals surface area contributed by atoms with Crippen LogP contribution in [0.2, 0.25) is 0 Å². The zero-order valence-electron chi connectivity index (χ0n) is 10.9. The van der Waals surface area contributed by atoms with Crippen LogP contribution in [0.4, 0.5) is 4.39 Å². The fourth-order valence-corrected chi connectivity index (χ4v) is 1.53. The smallest absolute Gasteiger partial charge is 0.323 e. The Labute approximate surface area is 110 Å². The average molecular weight is 269 g/mol. The van der Waals surface area contributed by atoms with Gasteiger partial charge in [0, 0.05) is 7.05 Å². The summed E-state index contributed by atoms with van der Waals surface area (Å²) in [5.41, 5.74) is 0.475. The number of halogens is 1. The van der Waals surface area contributed by atoms with Crippen molar-refractivity contribution in [3.63, 3.8) is 0 Å². The topological polar surface area (TPSA) is 66.8 Å². The molecule has 0 aromatic heterocycles. The predicted octanol–water partition coefficient (Wildman–Crippen LogP) is 1.31. The van der Waals surface area contributed by atoms with Gasteiger partial charge in [-0.2, -0.15) is 0 Å². The highest BCUT2D eigenvalue weighted by Crippen LogP contribution is 2.18. The lowest BCUT2D eigenvalue weighted by atomic mass is 10.1. The Bertz CT molecular complexity index is 476. The number of hydrogen-bond acceptors (Lipinski definition) is 3. The Kier molecular flexibility index (Phi) is 5.29. The van der Waals surface area contributed by atoms with Gasteiger partial charge >= 0.3 is 5.97 Å². The van der Waals surface area contributed by atoms with Crippen molar-refractivity contribution in [2.24, 2.45) is 0 Å². The van der Waals surface area contributed by atoms with Crippen LogP contribution in [0.5, 0.6) is 5.75 Å². The van der Waals surface area contributed by atoms with Gasteiger partial charge in [0.25, 0.3) is 0 Å². The number of carbonyl (C=O) groups excluding carboxylic acids is 1. The first-order chi connectivity index (χ1) is 8.93. The molecule has 5 nitrogen and oxygen atoms in total. The standard InChI is InChI=1S/C13H16FNO4/c1-3-19-11-5-4-9(6-10(11)14)7-12(16)15(2)8-13(17)18/h4-6H,3,7-8H2,1-2H3,(H,17,18). The first-order valence-electron chi connectivity index (χ1n) is 5.81. The van der Waals surface area contributed by atoms with E-state index in [9.17, 15) is 14.0 Å². The van der Waals surface area contributed by atoms with Crippen molar-refractivity contribution in [3.8, 4) is 5.75 Å².